The lowest BCUT2D eigenvalue weighted by Crippen LogP contribution is -2.67. The molecule has 8 nitrogen and oxygen atoms in total. The fourth-order valence-electron chi connectivity index (χ4n) is 3.95. The lowest BCUT2D eigenvalue weighted by Gasteiger charge is -2.31. The van der Waals surface area contributed by atoms with Crippen molar-refractivity contribution in [3.63, 3.8) is 0 Å². The van der Waals surface area contributed by atoms with Crippen LogP contribution in [0.4, 0.5) is 11.4 Å². The third-order valence-electron chi connectivity index (χ3n) is 5.96. The highest BCUT2D eigenvalue weighted by Gasteiger charge is 2.54. The van der Waals surface area contributed by atoms with Crippen LogP contribution in [0.25, 0.3) is 0 Å². The fourth-order valence-corrected chi connectivity index (χ4v) is 3.95. The Hall–Kier alpha value is -4.46. The average Bonchev–Trinajstić information content (AvgIpc) is 3.08. The molecule has 0 aliphatic carbocycles. The van der Waals surface area contributed by atoms with Gasteiger partial charge in [-0.2, -0.15) is 5.01 Å². The summed E-state index contributed by atoms with van der Waals surface area (Å²) in [5, 5.41) is 14.2. The van der Waals surface area contributed by atoms with E-state index in [0.717, 1.165) is 16.7 Å². The molecular weight excluding hydrogens is 442 g/mol. The number of hydrogen-bond acceptors (Lipinski definition) is 5. The van der Waals surface area contributed by atoms with Gasteiger partial charge < -0.3 is 16.0 Å². The van der Waals surface area contributed by atoms with Gasteiger partial charge in [-0.3, -0.25) is 14.4 Å². The highest BCUT2D eigenvalue weighted by molar-refractivity contribution is 6.28. The van der Waals surface area contributed by atoms with E-state index in [4.69, 9.17) is 0 Å². The summed E-state index contributed by atoms with van der Waals surface area (Å²) >= 11 is 0. The number of amides is 3. The molecule has 0 aromatic heterocycles. The maximum absolute atomic E-state index is 13.8. The Morgan fingerprint density at radius 2 is 1.46 bits per heavy atom. The van der Waals surface area contributed by atoms with Crippen LogP contribution in [0.15, 0.2) is 77.9 Å². The lowest BCUT2D eigenvalue weighted by molar-refractivity contribution is -0.127. The third kappa shape index (κ3) is 4.63. The van der Waals surface area contributed by atoms with E-state index in [1.165, 1.54) is 11.9 Å². The van der Waals surface area contributed by atoms with Gasteiger partial charge in [0.1, 0.15) is 0 Å². The number of carbonyl (C=O) groups is 3. The second-order valence-corrected chi connectivity index (χ2v) is 8.51. The van der Waals surface area contributed by atoms with Gasteiger partial charge in [0.2, 0.25) is 5.91 Å². The minimum Gasteiger partial charge on any atom is -0.348 e. The maximum atomic E-state index is 13.8. The van der Waals surface area contributed by atoms with Crippen molar-refractivity contribution >= 4 is 34.9 Å². The molecule has 0 fully saturated rings. The summed E-state index contributed by atoms with van der Waals surface area (Å²) < 4.78 is 0. The summed E-state index contributed by atoms with van der Waals surface area (Å²) in [6.07, 6.45) is 0. The number of carbonyl (C=O) groups excluding carboxylic acids is 3. The van der Waals surface area contributed by atoms with E-state index in [1.54, 1.807) is 60.7 Å². The van der Waals surface area contributed by atoms with Crippen LogP contribution >= 0.6 is 0 Å². The molecule has 1 aliphatic heterocycles. The van der Waals surface area contributed by atoms with Crippen molar-refractivity contribution in [2.75, 3.05) is 10.3 Å². The molecule has 178 valence electrons. The zero-order chi connectivity index (χ0) is 25.2. The molecule has 1 atom stereocenters. The summed E-state index contributed by atoms with van der Waals surface area (Å²) in [5.74, 6) is -1.51. The Bertz CT molecular complexity index is 1300. The molecular formula is C27H27N5O3. The second-order valence-electron chi connectivity index (χ2n) is 8.51. The topological polar surface area (TPSA) is 103 Å². The standard InChI is InChI=1S/C27H27N5O3/c1-17-15-21(16-18(2)19(17)3)24(34)28-25-27(29-20(4)33,30-22-11-7-5-8-12-22)26(35)32(31-25)23-13-9-6-10-14-23/h5-16,30H,1-4H3,(H,29,33)(H,28,31,34). The monoisotopic (exact) mass is 469 g/mol. The average molecular weight is 470 g/mol. The van der Waals surface area contributed by atoms with E-state index >= 15 is 0 Å². The van der Waals surface area contributed by atoms with Crippen LogP contribution in [0.3, 0.4) is 0 Å². The SMILES string of the molecule is CC(=O)NC1(Nc2ccccc2)C(=O)N(c2ccccc2)N=C1NC(=O)c1cc(C)c(C)c(C)c1. The van der Waals surface area contributed by atoms with Crippen LogP contribution < -0.4 is 21.0 Å². The van der Waals surface area contributed by atoms with Crippen LogP contribution in [0, 0.1) is 20.8 Å². The molecule has 8 heteroatoms. The number of nitrogens with zero attached hydrogens (tertiary/aromatic N) is 2. The molecule has 1 heterocycles. The Morgan fingerprint density at radius 3 is 2.03 bits per heavy atom. The molecule has 0 radical (unpaired) electrons. The zero-order valence-corrected chi connectivity index (χ0v) is 20.0. The smallest absolute Gasteiger partial charge is 0.302 e. The van der Waals surface area contributed by atoms with Crippen molar-refractivity contribution in [1.82, 2.24) is 10.6 Å². The van der Waals surface area contributed by atoms with Crippen molar-refractivity contribution < 1.29 is 14.4 Å². The van der Waals surface area contributed by atoms with Gasteiger partial charge in [0.25, 0.3) is 11.6 Å². The predicted molar refractivity (Wildman–Crippen MR) is 136 cm³/mol. The Morgan fingerprint density at radius 1 is 0.886 bits per heavy atom. The van der Waals surface area contributed by atoms with Gasteiger partial charge in [-0.05, 0) is 73.9 Å². The van der Waals surface area contributed by atoms with Gasteiger partial charge in [0.15, 0.2) is 5.84 Å². The lowest BCUT2D eigenvalue weighted by atomic mass is 10.00. The predicted octanol–water partition coefficient (Wildman–Crippen LogP) is 3.65. The van der Waals surface area contributed by atoms with Crippen molar-refractivity contribution in [3.05, 3.63) is 95.1 Å². The number of para-hydroxylation sites is 2. The molecule has 0 saturated heterocycles. The van der Waals surface area contributed by atoms with Gasteiger partial charge in [0, 0.05) is 18.2 Å². The zero-order valence-electron chi connectivity index (χ0n) is 20.0. The van der Waals surface area contributed by atoms with Crippen molar-refractivity contribution in [2.24, 2.45) is 5.10 Å². The van der Waals surface area contributed by atoms with Crippen LogP contribution in [0.1, 0.15) is 34.0 Å². The van der Waals surface area contributed by atoms with Crippen molar-refractivity contribution in [3.8, 4) is 0 Å². The molecule has 4 rings (SSSR count). The van der Waals surface area contributed by atoms with Crippen LogP contribution in [0.2, 0.25) is 0 Å². The molecule has 3 amide bonds. The van der Waals surface area contributed by atoms with Crippen molar-refractivity contribution in [1.29, 1.82) is 0 Å². The number of hydrogen-bond donors (Lipinski definition) is 3. The first-order valence-corrected chi connectivity index (χ1v) is 11.2. The highest BCUT2D eigenvalue weighted by Crippen LogP contribution is 2.28. The number of hydrazone groups is 1. The van der Waals surface area contributed by atoms with E-state index in [2.05, 4.69) is 21.1 Å². The molecule has 3 aromatic carbocycles. The fraction of sp³-hybridized carbons (Fsp3) is 0.185. The first-order valence-electron chi connectivity index (χ1n) is 11.2. The van der Waals surface area contributed by atoms with Crippen LogP contribution in [-0.2, 0) is 9.59 Å². The van der Waals surface area contributed by atoms with Gasteiger partial charge in [-0.1, -0.05) is 36.4 Å². The summed E-state index contributed by atoms with van der Waals surface area (Å²) in [4.78, 5) is 39.5. The van der Waals surface area contributed by atoms with Gasteiger partial charge in [-0.25, -0.2) is 0 Å². The van der Waals surface area contributed by atoms with E-state index in [9.17, 15) is 14.4 Å². The summed E-state index contributed by atoms with van der Waals surface area (Å²) in [5.41, 5.74) is 2.70. The number of anilines is 2. The van der Waals surface area contributed by atoms with Gasteiger partial charge >= 0.3 is 5.91 Å². The molecule has 3 aromatic rings. The largest absolute Gasteiger partial charge is 0.348 e. The van der Waals surface area contributed by atoms with E-state index < -0.39 is 23.4 Å². The van der Waals surface area contributed by atoms with E-state index in [0.29, 0.717) is 16.9 Å². The minimum absolute atomic E-state index is 0.0358. The Kier molecular flexibility index (Phi) is 6.38. The molecule has 3 N–H and O–H groups in total. The highest BCUT2D eigenvalue weighted by atomic mass is 16.2. The maximum Gasteiger partial charge on any atom is 0.302 e. The molecule has 0 spiro atoms. The first-order chi connectivity index (χ1) is 16.7. The van der Waals surface area contributed by atoms with Crippen LogP contribution in [0.5, 0.6) is 0 Å². The third-order valence-corrected chi connectivity index (χ3v) is 5.96. The number of nitrogens with one attached hydrogen (secondary N) is 3. The Balaban J connectivity index is 1.80. The second kappa shape index (κ2) is 9.42. The number of amidine groups is 1. The first kappa shape index (κ1) is 23.7. The van der Waals surface area contributed by atoms with Gasteiger partial charge in [-0.15, -0.1) is 5.10 Å². The summed E-state index contributed by atoms with van der Waals surface area (Å²) in [6.45, 7) is 7.17. The normalized spacial score (nSPS) is 17.1. The molecule has 0 saturated carbocycles. The quantitative estimate of drug-likeness (QED) is 0.497. The Labute approximate surface area is 204 Å². The van der Waals surface area contributed by atoms with Crippen molar-refractivity contribution in [2.45, 2.75) is 33.4 Å². The number of aryl methyl sites for hydroxylation is 2. The summed E-state index contributed by atoms with van der Waals surface area (Å²) in [6, 6.07) is 21.3. The number of rotatable bonds is 5. The number of benzene rings is 3. The molecule has 0 bridgehead atoms. The van der Waals surface area contributed by atoms with E-state index in [1.807, 2.05) is 32.9 Å². The molecule has 1 unspecified atom stereocenters. The van der Waals surface area contributed by atoms with Crippen LogP contribution in [-0.4, -0.2) is 29.2 Å². The minimum atomic E-state index is -1.83. The van der Waals surface area contributed by atoms with E-state index in [-0.39, 0.29) is 5.84 Å². The molecule has 35 heavy (non-hydrogen) atoms. The van der Waals surface area contributed by atoms with Gasteiger partial charge in [0.05, 0.1) is 5.69 Å². The molecule has 1 aliphatic rings. The summed E-state index contributed by atoms with van der Waals surface area (Å²) in [7, 11) is 0.